The van der Waals surface area contributed by atoms with Gasteiger partial charge in [-0.05, 0) is 37.3 Å². The second-order valence-electron chi connectivity index (χ2n) is 5.64. The van der Waals surface area contributed by atoms with Crippen LogP contribution in [0.1, 0.15) is 43.5 Å². The number of hydrogen-bond acceptors (Lipinski definition) is 3. The molecule has 1 fully saturated rings. The number of nitrogens with one attached hydrogen (secondary N) is 1. The molecule has 1 unspecified atom stereocenters. The highest BCUT2D eigenvalue weighted by Crippen LogP contribution is 2.29. The Labute approximate surface area is 125 Å². The molecule has 0 aliphatic heterocycles. The molecule has 0 radical (unpaired) electrons. The largest absolute Gasteiger partial charge is 0.377 e. The van der Waals surface area contributed by atoms with Crippen molar-refractivity contribution in [3.8, 4) is 0 Å². The molecule has 0 amide bonds. The Bertz CT molecular complexity index is 512. The molecule has 1 aromatic carbocycles. The molecule has 1 aliphatic rings. The predicted molar refractivity (Wildman–Crippen MR) is 86.5 cm³/mol. The van der Waals surface area contributed by atoms with E-state index in [0.717, 1.165) is 13.2 Å². The molecule has 0 spiro atoms. The molecule has 1 N–H and O–H groups in total. The number of rotatable bonds is 6. The molecular formula is C17H23NOS. The molecule has 1 atom stereocenters. The SMILES string of the molecule is CC(NCCOC1CCCC1)c1cc2ccccc2s1. The van der Waals surface area contributed by atoms with E-state index in [1.54, 1.807) is 0 Å². The molecular weight excluding hydrogens is 266 g/mol. The number of fused-ring (bicyclic) bond motifs is 1. The van der Waals surface area contributed by atoms with Crippen LogP contribution in [0.3, 0.4) is 0 Å². The minimum atomic E-state index is 0.402. The average molecular weight is 289 g/mol. The van der Waals surface area contributed by atoms with Crippen LogP contribution < -0.4 is 5.32 Å². The van der Waals surface area contributed by atoms with Crippen LogP contribution in [0.15, 0.2) is 30.3 Å². The normalized spacial score (nSPS) is 17.9. The highest BCUT2D eigenvalue weighted by atomic mass is 32.1. The van der Waals surface area contributed by atoms with Gasteiger partial charge in [0.05, 0.1) is 12.7 Å². The van der Waals surface area contributed by atoms with Gasteiger partial charge in [0.1, 0.15) is 0 Å². The van der Waals surface area contributed by atoms with E-state index in [1.807, 2.05) is 11.3 Å². The van der Waals surface area contributed by atoms with Gasteiger partial charge in [-0.15, -0.1) is 11.3 Å². The third kappa shape index (κ3) is 3.40. The van der Waals surface area contributed by atoms with Gasteiger partial charge in [0.2, 0.25) is 0 Å². The zero-order valence-corrected chi connectivity index (χ0v) is 12.9. The first kappa shape index (κ1) is 14.1. The summed E-state index contributed by atoms with van der Waals surface area (Å²) in [7, 11) is 0. The molecule has 20 heavy (non-hydrogen) atoms. The van der Waals surface area contributed by atoms with Crippen LogP contribution in [0.25, 0.3) is 10.1 Å². The van der Waals surface area contributed by atoms with Crippen molar-refractivity contribution in [1.82, 2.24) is 5.32 Å². The molecule has 0 saturated heterocycles. The second kappa shape index (κ2) is 6.70. The first-order chi connectivity index (χ1) is 9.83. The lowest BCUT2D eigenvalue weighted by molar-refractivity contribution is 0.0594. The van der Waals surface area contributed by atoms with Crippen LogP contribution in [0, 0.1) is 0 Å². The van der Waals surface area contributed by atoms with E-state index in [0.29, 0.717) is 12.1 Å². The lowest BCUT2D eigenvalue weighted by Gasteiger charge is -2.14. The Morgan fingerprint density at radius 3 is 2.90 bits per heavy atom. The molecule has 1 aliphatic carbocycles. The standard InChI is InChI=1S/C17H23NOS/c1-13(18-10-11-19-15-7-3-4-8-15)17-12-14-6-2-5-9-16(14)20-17/h2,5-6,9,12-13,15,18H,3-4,7-8,10-11H2,1H3. The van der Waals surface area contributed by atoms with E-state index in [2.05, 4.69) is 42.6 Å². The fourth-order valence-corrected chi connectivity index (χ4v) is 3.96. The number of thiophene rings is 1. The highest BCUT2D eigenvalue weighted by molar-refractivity contribution is 7.19. The molecule has 1 heterocycles. The van der Waals surface area contributed by atoms with Gasteiger partial charge in [0.25, 0.3) is 0 Å². The Kier molecular flexibility index (Phi) is 4.71. The molecule has 3 heteroatoms. The summed E-state index contributed by atoms with van der Waals surface area (Å²) in [5.41, 5.74) is 0. The Balaban J connectivity index is 1.47. The summed E-state index contributed by atoms with van der Waals surface area (Å²) >= 11 is 1.89. The lowest BCUT2D eigenvalue weighted by Crippen LogP contribution is -2.24. The number of ether oxygens (including phenoxy) is 1. The van der Waals surface area contributed by atoms with Crippen LogP contribution in [-0.4, -0.2) is 19.3 Å². The van der Waals surface area contributed by atoms with E-state index in [-0.39, 0.29) is 0 Å². The number of benzene rings is 1. The van der Waals surface area contributed by atoms with Crippen molar-refractivity contribution in [2.75, 3.05) is 13.2 Å². The minimum absolute atomic E-state index is 0.402. The minimum Gasteiger partial charge on any atom is -0.377 e. The molecule has 0 bridgehead atoms. The van der Waals surface area contributed by atoms with Gasteiger partial charge in [-0.1, -0.05) is 31.0 Å². The molecule has 1 aromatic heterocycles. The quantitative estimate of drug-likeness (QED) is 0.790. The Hall–Kier alpha value is -0.900. The third-order valence-electron chi connectivity index (χ3n) is 4.08. The molecule has 1 saturated carbocycles. The molecule has 108 valence electrons. The van der Waals surface area contributed by atoms with Crippen LogP contribution in [0.2, 0.25) is 0 Å². The second-order valence-corrected chi connectivity index (χ2v) is 6.76. The predicted octanol–water partition coefficient (Wildman–Crippen LogP) is 4.51. The van der Waals surface area contributed by atoms with Crippen molar-refractivity contribution in [2.45, 2.75) is 44.8 Å². The van der Waals surface area contributed by atoms with Gasteiger partial charge in [-0.25, -0.2) is 0 Å². The van der Waals surface area contributed by atoms with Crippen molar-refractivity contribution in [2.24, 2.45) is 0 Å². The van der Waals surface area contributed by atoms with Crippen molar-refractivity contribution < 1.29 is 4.74 Å². The average Bonchev–Trinajstić information content (AvgIpc) is 3.12. The van der Waals surface area contributed by atoms with Crippen LogP contribution in [0.5, 0.6) is 0 Å². The van der Waals surface area contributed by atoms with E-state index < -0.39 is 0 Å². The van der Waals surface area contributed by atoms with Crippen LogP contribution >= 0.6 is 11.3 Å². The van der Waals surface area contributed by atoms with E-state index >= 15 is 0 Å². The van der Waals surface area contributed by atoms with Gasteiger partial charge in [-0.2, -0.15) is 0 Å². The molecule has 3 rings (SSSR count). The maximum Gasteiger partial charge on any atom is 0.0594 e. The summed E-state index contributed by atoms with van der Waals surface area (Å²) in [4.78, 5) is 1.41. The van der Waals surface area contributed by atoms with E-state index in [1.165, 1.54) is 40.6 Å². The van der Waals surface area contributed by atoms with Gasteiger partial charge < -0.3 is 10.1 Å². The third-order valence-corrected chi connectivity index (χ3v) is 5.38. The van der Waals surface area contributed by atoms with Crippen molar-refractivity contribution in [1.29, 1.82) is 0 Å². The van der Waals surface area contributed by atoms with Gasteiger partial charge in [-0.3, -0.25) is 0 Å². The summed E-state index contributed by atoms with van der Waals surface area (Å²) in [6.07, 6.45) is 5.72. The zero-order valence-electron chi connectivity index (χ0n) is 12.1. The van der Waals surface area contributed by atoms with Gasteiger partial charge >= 0.3 is 0 Å². The smallest absolute Gasteiger partial charge is 0.0594 e. The van der Waals surface area contributed by atoms with E-state index in [4.69, 9.17) is 4.74 Å². The topological polar surface area (TPSA) is 21.3 Å². The fourth-order valence-electron chi connectivity index (χ4n) is 2.87. The Morgan fingerprint density at radius 2 is 2.10 bits per heavy atom. The molecule has 2 nitrogen and oxygen atoms in total. The fraction of sp³-hybridized carbons (Fsp3) is 0.529. The van der Waals surface area contributed by atoms with Crippen LogP contribution in [-0.2, 0) is 4.74 Å². The summed E-state index contributed by atoms with van der Waals surface area (Å²) < 4.78 is 7.26. The van der Waals surface area contributed by atoms with Gasteiger partial charge in [0, 0.05) is 22.2 Å². The highest BCUT2D eigenvalue weighted by Gasteiger charge is 2.15. The summed E-state index contributed by atoms with van der Waals surface area (Å²) in [6.45, 7) is 4.01. The summed E-state index contributed by atoms with van der Waals surface area (Å²) in [6, 6.07) is 11.3. The lowest BCUT2D eigenvalue weighted by atomic mass is 10.2. The van der Waals surface area contributed by atoms with Crippen LogP contribution in [0.4, 0.5) is 0 Å². The summed E-state index contributed by atoms with van der Waals surface area (Å²) in [5, 5.41) is 4.92. The Morgan fingerprint density at radius 1 is 1.30 bits per heavy atom. The number of hydrogen-bond donors (Lipinski definition) is 1. The summed E-state index contributed by atoms with van der Waals surface area (Å²) in [5.74, 6) is 0. The van der Waals surface area contributed by atoms with Crippen molar-refractivity contribution in [3.05, 3.63) is 35.2 Å². The van der Waals surface area contributed by atoms with E-state index in [9.17, 15) is 0 Å². The first-order valence-electron chi connectivity index (χ1n) is 7.66. The zero-order chi connectivity index (χ0) is 13.8. The van der Waals surface area contributed by atoms with Crippen molar-refractivity contribution in [3.63, 3.8) is 0 Å². The van der Waals surface area contributed by atoms with Crippen molar-refractivity contribution >= 4 is 21.4 Å². The maximum atomic E-state index is 5.89. The van der Waals surface area contributed by atoms with Gasteiger partial charge in [0.15, 0.2) is 0 Å². The first-order valence-corrected chi connectivity index (χ1v) is 8.48. The molecule has 2 aromatic rings. The maximum absolute atomic E-state index is 5.89. The monoisotopic (exact) mass is 289 g/mol.